The van der Waals surface area contributed by atoms with Gasteiger partial charge in [0.15, 0.2) is 5.78 Å². The fraction of sp³-hybridized carbons (Fsp3) is 0.133. The van der Waals surface area contributed by atoms with Crippen molar-refractivity contribution in [3.8, 4) is 5.75 Å². The van der Waals surface area contributed by atoms with E-state index in [1.54, 1.807) is 24.3 Å². The average Bonchev–Trinajstić information content (AvgIpc) is 2.88. The molecule has 1 aliphatic rings. The van der Waals surface area contributed by atoms with Crippen molar-refractivity contribution < 1.29 is 9.53 Å². The van der Waals surface area contributed by atoms with Gasteiger partial charge in [-0.2, -0.15) is 0 Å². The predicted octanol–water partition coefficient (Wildman–Crippen LogP) is 3.20. The van der Waals surface area contributed by atoms with E-state index in [-0.39, 0.29) is 5.78 Å². The molecule has 3 nitrogen and oxygen atoms in total. The smallest absolute Gasteiger partial charge is 0.194 e. The number of carbonyl (C=O) groups is 1. The van der Waals surface area contributed by atoms with E-state index >= 15 is 0 Å². The van der Waals surface area contributed by atoms with Gasteiger partial charge in [0.1, 0.15) is 5.75 Å². The van der Waals surface area contributed by atoms with E-state index in [1.807, 2.05) is 12.1 Å². The van der Waals surface area contributed by atoms with Crippen LogP contribution in [0.15, 0.2) is 40.9 Å². The Bertz CT molecular complexity index is 667. The van der Waals surface area contributed by atoms with Crippen LogP contribution in [0.4, 0.5) is 5.69 Å². The number of ether oxygens (including phenoxy) is 1. The van der Waals surface area contributed by atoms with Gasteiger partial charge < -0.3 is 10.5 Å². The zero-order valence-electron chi connectivity index (χ0n) is 10.2. The summed E-state index contributed by atoms with van der Waals surface area (Å²) < 4.78 is 6.19. The van der Waals surface area contributed by atoms with Gasteiger partial charge in [0, 0.05) is 27.7 Å². The number of fused-ring (bicyclic) bond motifs is 1. The molecule has 0 spiro atoms. The molecular weight excluding hydrogens is 306 g/mol. The van der Waals surface area contributed by atoms with Crippen LogP contribution in [0.2, 0.25) is 0 Å². The lowest BCUT2D eigenvalue weighted by atomic mass is 10.00. The van der Waals surface area contributed by atoms with Crippen molar-refractivity contribution in [2.45, 2.75) is 6.42 Å². The third-order valence-electron chi connectivity index (χ3n) is 3.19. The summed E-state index contributed by atoms with van der Waals surface area (Å²) in [5.41, 5.74) is 8.65. The van der Waals surface area contributed by atoms with E-state index in [9.17, 15) is 4.79 Å². The summed E-state index contributed by atoms with van der Waals surface area (Å²) in [6, 6.07) is 10.8. The van der Waals surface area contributed by atoms with E-state index < -0.39 is 0 Å². The zero-order chi connectivity index (χ0) is 13.4. The number of ketones is 1. The molecule has 19 heavy (non-hydrogen) atoms. The van der Waals surface area contributed by atoms with E-state index in [2.05, 4.69) is 15.9 Å². The zero-order valence-corrected chi connectivity index (χ0v) is 11.7. The maximum Gasteiger partial charge on any atom is 0.194 e. The largest absolute Gasteiger partial charge is 0.493 e. The van der Waals surface area contributed by atoms with E-state index in [4.69, 9.17) is 10.5 Å². The van der Waals surface area contributed by atoms with Gasteiger partial charge in [-0.1, -0.05) is 15.9 Å². The average molecular weight is 318 g/mol. The van der Waals surface area contributed by atoms with Crippen LogP contribution in [-0.2, 0) is 6.42 Å². The molecule has 2 N–H and O–H groups in total. The summed E-state index contributed by atoms with van der Waals surface area (Å²) >= 11 is 3.39. The second-order valence-corrected chi connectivity index (χ2v) is 5.34. The molecule has 2 aromatic carbocycles. The van der Waals surface area contributed by atoms with Crippen molar-refractivity contribution in [2.24, 2.45) is 0 Å². The second-order valence-electron chi connectivity index (χ2n) is 4.49. The molecule has 0 saturated carbocycles. The van der Waals surface area contributed by atoms with Crippen LogP contribution in [0.3, 0.4) is 0 Å². The first-order valence-electron chi connectivity index (χ1n) is 6.00. The Morgan fingerprint density at radius 2 is 2.05 bits per heavy atom. The highest BCUT2D eigenvalue weighted by Gasteiger charge is 2.17. The molecular formula is C15H12BrNO2. The summed E-state index contributed by atoms with van der Waals surface area (Å²) in [5, 5.41) is 0. The van der Waals surface area contributed by atoms with Crippen LogP contribution < -0.4 is 10.5 Å². The normalized spacial score (nSPS) is 12.9. The van der Waals surface area contributed by atoms with Gasteiger partial charge in [-0.05, 0) is 42.0 Å². The Labute approximate surface area is 119 Å². The van der Waals surface area contributed by atoms with Gasteiger partial charge in [0.25, 0.3) is 0 Å². The third-order valence-corrected chi connectivity index (χ3v) is 3.88. The minimum Gasteiger partial charge on any atom is -0.493 e. The lowest BCUT2D eigenvalue weighted by Crippen LogP contribution is -2.03. The second kappa shape index (κ2) is 4.70. The molecule has 4 heteroatoms. The summed E-state index contributed by atoms with van der Waals surface area (Å²) in [5.74, 6) is 0.845. The number of rotatable bonds is 2. The molecule has 3 rings (SSSR count). The van der Waals surface area contributed by atoms with Crippen LogP contribution in [0.1, 0.15) is 21.5 Å². The first-order chi connectivity index (χ1) is 9.15. The summed E-state index contributed by atoms with van der Waals surface area (Å²) in [4.78, 5) is 12.5. The fourth-order valence-corrected chi connectivity index (χ4v) is 2.63. The Kier molecular flexibility index (Phi) is 3.03. The van der Waals surface area contributed by atoms with E-state index in [0.29, 0.717) is 23.4 Å². The topological polar surface area (TPSA) is 52.3 Å². The summed E-state index contributed by atoms with van der Waals surface area (Å²) in [6.07, 6.45) is 0.856. The number of anilines is 1. The van der Waals surface area contributed by atoms with Gasteiger partial charge in [-0.15, -0.1) is 0 Å². The minimum absolute atomic E-state index is 0.0334. The van der Waals surface area contributed by atoms with Gasteiger partial charge in [-0.3, -0.25) is 4.79 Å². The van der Waals surface area contributed by atoms with Crippen molar-refractivity contribution in [1.82, 2.24) is 0 Å². The number of carbonyl (C=O) groups excluding carboxylic acids is 1. The number of nitrogens with two attached hydrogens (primary N) is 1. The first-order valence-corrected chi connectivity index (χ1v) is 6.80. The van der Waals surface area contributed by atoms with Crippen LogP contribution in [0.25, 0.3) is 0 Å². The maximum atomic E-state index is 12.5. The standard InChI is InChI=1S/C15H12BrNO2/c16-13-3-2-11(17)8-12(13)15(18)10-1-4-14-9(7-10)5-6-19-14/h1-4,7-8H,5-6,17H2. The highest BCUT2D eigenvalue weighted by molar-refractivity contribution is 9.10. The van der Waals surface area contributed by atoms with Gasteiger partial charge >= 0.3 is 0 Å². The Hall–Kier alpha value is -1.81. The lowest BCUT2D eigenvalue weighted by molar-refractivity contribution is 0.103. The minimum atomic E-state index is -0.0334. The quantitative estimate of drug-likeness (QED) is 0.683. The Morgan fingerprint density at radius 1 is 1.21 bits per heavy atom. The van der Waals surface area contributed by atoms with Crippen molar-refractivity contribution >= 4 is 27.4 Å². The summed E-state index contributed by atoms with van der Waals surface area (Å²) in [6.45, 7) is 0.689. The van der Waals surface area contributed by atoms with Crippen molar-refractivity contribution in [3.05, 3.63) is 57.6 Å². The molecule has 0 fully saturated rings. The van der Waals surface area contributed by atoms with Crippen LogP contribution >= 0.6 is 15.9 Å². The predicted molar refractivity (Wildman–Crippen MR) is 77.6 cm³/mol. The molecule has 0 radical (unpaired) electrons. The number of hydrogen-bond acceptors (Lipinski definition) is 3. The first kappa shape index (κ1) is 12.2. The highest BCUT2D eigenvalue weighted by Crippen LogP contribution is 2.28. The monoisotopic (exact) mass is 317 g/mol. The summed E-state index contributed by atoms with van der Waals surface area (Å²) in [7, 11) is 0. The van der Waals surface area contributed by atoms with Crippen molar-refractivity contribution in [3.63, 3.8) is 0 Å². The molecule has 0 bridgehead atoms. The fourth-order valence-electron chi connectivity index (χ4n) is 2.20. The molecule has 0 aliphatic carbocycles. The molecule has 0 aromatic heterocycles. The molecule has 1 heterocycles. The van der Waals surface area contributed by atoms with Gasteiger partial charge in [0.2, 0.25) is 0 Å². The molecule has 1 aliphatic heterocycles. The molecule has 2 aromatic rings. The van der Waals surface area contributed by atoms with E-state index in [1.165, 1.54) is 0 Å². The number of halogens is 1. The highest BCUT2D eigenvalue weighted by atomic mass is 79.9. The Morgan fingerprint density at radius 3 is 2.89 bits per heavy atom. The SMILES string of the molecule is Nc1ccc(Br)c(C(=O)c2ccc3c(c2)CCO3)c1. The van der Waals surface area contributed by atoms with Crippen LogP contribution in [0, 0.1) is 0 Å². The molecule has 96 valence electrons. The molecule has 0 amide bonds. The molecule has 0 atom stereocenters. The van der Waals surface area contributed by atoms with Gasteiger partial charge in [0.05, 0.1) is 6.61 Å². The number of nitrogen functional groups attached to an aromatic ring is 1. The van der Waals surface area contributed by atoms with Crippen LogP contribution in [-0.4, -0.2) is 12.4 Å². The van der Waals surface area contributed by atoms with Crippen LogP contribution in [0.5, 0.6) is 5.75 Å². The maximum absolute atomic E-state index is 12.5. The lowest BCUT2D eigenvalue weighted by Gasteiger charge is -2.06. The van der Waals surface area contributed by atoms with Crippen molar-refractivity contribution in [2.75, 3.05) is 12.3 Å². The number of benzene rings is 2. The Balaban J connectivity index is 2.02. The molecule has 0 saturated heterocycles. The van der Waals surface area contributed by atoms with Gasteiger partial charge in [-0.25, -0.2) is 0 Å². The van der Waals surface area contributed by atoms with Crippen molar-refractivity contribution in [1.29, 1.82) is 0 Å². The number of hydrogen-bond donors (Lipinski definition) is 1. The third kappa shape index (κ3) is 2.24. The molecule has 0 unspecified atom stereocenters. The van der Waals surface area contributed by atoms with E-state index in [0.717, 1.165) is 22.2 Å².